The Labute approximate surface area is 137 Å². The van der Waals surface area contributed by atoms with Gasteiger partial charge in [-0.1, -0.05) is 11.8 Å². The minimum Gasteiger partial charge on any atom is -0.495 e. The number of halogens is 1. The smallest absolute Gasteiger partial charge is 0.191 e. The molecule has 2 aromatic rings. The van der Waals surface area contributed by atoms with Gasteiger partial charge in [-0.3, -0.25) is 0 Å². The fourth-order valence-electron chi connectivity index (χ4n) is 1.74. The molecule has 0 saturated carbocycles. The molecule has 0 amide bonds. The highest BCUT2D eigenvalue weighted by Gasteiger charge is 2.06. The van der Waals surface area contributed by atoms with Gasteiger partial charge < -0.3 is 15.4 Å². The molecule has 1 heterocycles. The number of rotatable bonds is 6. The van der Waals surface area contributed by atoms with Crippen molar-refractivity contribution >= 4 is 45.0 Å². The first-order chi connectivity index (χ1) is 10.2. The third-order valence-corrected chi connectivity index (χ3v) is 3.87. The lowest BCUT2D eigenvalue weighted by atomic mass is 10.3. The van der Waals surface area contributed by atoms with Crippen molar-refractivity contribution in [2.45, 2.75) is 12.1 Å². The average Bonchev–Trinajstić information content (AvgIpc) is 2.49. The highest BCUT2D eigenvalue weighted by atomic mass is 79.9. The van der Waals surface area contributed by atoms with Crippen LogP contribution in [-0.2, 0) is 0 Å². The molecule has 7 heteroatoms. The Morgan fingerprint density at radius 2 is 2.00 bits per heavy atom. The number of benzene rings is 1. The van der Waals surface area contributed by atoms with Gasteiger partial charge in [-0.2, -0.15) is 0 Å². The van der Waals surface area contributed by atoms with Gasteiger partial charge in [-0.15, -0.1) is 0 Å². The Bertz CT molecular complexity index is 624. The third kappa shape index (κ3) is 4.25. The predicted octanol–water partition coefficient (Wildman–Crippen LogP) is 4.15. The summed E-state index contributed by atoms with van der Waals surface area (Å²) >= 11 is 4.95. The van der Waals surface area contributed by atoms with E-state index in [1.54, 1.807) is 7.11 Å². The molecule has 5 nitrogen and oxygen atoms in total. The molecule has 1 aromatic heterocycles. The van der Waals surface area contributed by atoms with Crippen LogP contribution in [0.1, 0.15) is 6.92 Å². The van der Waals surface area contributed by atoms with Gasteiger partial charge in [0, 0.05) is 24.4 Å². The van der Waals surface area contributed by atoms with E-state index >= 15 is 0 Å². The van der Waals surface area contributed by atoms with Crippen LogP contribution in [-0.4, -0.2) is 29.9 Å². The van der Waals surface area contributed by atoms with Crippen molar-refractivity contribution in [3.63, 3.8) is 0 Å². The molecule has 0 aliphatic heterocycles. The normalized spacial score (nSPS) is 10.3. The summed E-state index contributed by atoms with van der Waals surface area (Å²) < 4.78 is 6.21. The lowest BCUT2D eigenvalue weighted by Gasteiger charge is -2.11. The van der Waals surface area contributed by atoms with Gasteiger partial charge in [0.05, 0.1) is 11.6 Å². The number of hydrogen-bond acceptors (Lipinski definition) is 6. The molecule has 0 radical (unpaired) electrons. The van der Waals surface area contributed by atoms with E-state index in [1.165, 1.54) is 11.8 Å². The molecule has 0 aliphatic rings. The van der Waals surface area contributed by atoms with Gasteiger partial charge in [0.1, 0.15) is 17.4 Å². The molecule has 1 aromatic carbocycles. The highest BCUT2D eigenvalue weighted by molar-refractivity contribution is 9.10. The molecule has 0 spiro atoms. The van der Waals surface area contributed by atoms with E-state index in [2.05, 4.69) is 36.5 Å². The molecule has 0 aliphatic carbocycles. The van der Waals surface area contributed by atoms with Crippen LogP contribution in [0.3, 0.4) is 0 Å². The number of methoxy groups -OCH3 is 1. The molecule has 0 fully saturated rings. The summed E-state index contributed by atoms with van der Waals surface area (Å²) in [5.74, 6) is 2.32. The van der Waals surface area contributed by atoms with Crippen molar-refractivity contribution in [1.82, 2.24) is 9.97 Å². The van der Waals surface area contributed by atoms with E-state index in [0.29, 0.717) is 0 Å². The maximum Gasteiger partial charge on any atom is 0.191 e. The van der Waals surface area contributed by atoms with Crippen molar-refractivity contribution in [3.05, 3.63) is 28.7 Å². The summed E-state index contributed by atoms with van der Waals surface area (Å²) in [6.45, 7) is 2.85. The summed E-state index contributed by atoms with van der Waals surface area (Å²) in [5, 5.41) is 7.20. The first-order valence-electron chi connectivity index (χ1n) is 6.43. The third-order valence-electron chi connectivity index (χ3n) is 2.67. The molecule has 0 atom stereocenters. The number of anilines is 3. The average molecular weight is 369 g/mol. The van der Waals surface area contributed by atoms with Crippen LogP contribution in [0.5, 0.6) is 5.75 Å². The van der Waals surface area contributed by atoms with Crippen LogP contribution < -0.4 is 15.4 Å². The van der Waals surface area contributed by atoms with Gasteiger partial charge in [0.2, 0.25) is 0 Å². The topological polar surface area (TPSA) is 59.1 Å². The van der Waals surface area contributed by atoms with Crippen molar-refractivity contribution in [2.75, 3.05) is 30.5 Å². The fourth-order valence-corrected chi connectivity index (χ4v) is 2.53. The maximum absolute atomic E-state index is 5.29. The molecule has 2 rings (SSSR count). The predicted molar refractivity (Wildman–Crippen MR) is 92.0 cm³/mol. The lowest BCUT2D eigenvalue weighted by Crippen LogP contribution is -2.03. The Morgan fingerprint density at radius 1 is 1.24 bits per heavy atom. The van der Waals surface area contributed by atoms with Crippen LogP contribution in [0.2, 0.25) is 0 Å². The number of nitrogens with one attached hydrogen (secondary N) is 2. The lowest BCUT2D eigenvalue weighted by molar-refractivity contribution is 0.412. The minimum absolute atomic E-state index is 0.722. The molecule has 112 valence electrons. The van der Waals surface area contributed by atoms with E-state index < -0.39 is 0 Å². The Morgan fingerprint density at radius 3 is 2.67 bits per heavy atom. The largest absolute Gasteiger partial charge is 0.495 e. The molecule has 0 unspecified atom stereocenters. The molecule has 0 saturated heterocycles. The highest BCUT2D eigenvalue weighted by Crippen LogP contribution is 2.29. The molecular weight excluding hydrogens is 352 g/mol. The number of hydrogen-bond donors (Lipinski definition) is 2. The Balaban J connectivity index is 2.27. The van der Waals surface area contributed by atoms with E-state index in [1.807, 2.05) is 37.4 Å². The van der Waals surface area contributed by atoms with Crippen LogP contribution in [0.4, 0.5) is 17.3 Å². The van der Waals surface area contributed by atoms with E-state index in [0.717, 1.165) is 39.2 Å². The summed E-state index contributed by atoms with van der Waals surface area (Å²) in [4.78, 5) is 8.86. The SMILES string of the molecule is CCNc1cc(Nc2ccc(Br)c(OC)c2)nc(SC)n1. The van der Waals surface area contributed by atoms with Crippen molar-refractivity contribution in [2.24, 2.45) is 0 Å². The van der Waals surface area contributed by atoms with Crippen molar-refractivity contribution in [1.29, 1.82) is 0 Å². The Hall–Kier alpha value is -1.47. The number of thioether (sulfide) groups is 1. The zero-order valence-corrected chi connectivity index (χ0v) is 14.5. The van der Waals surface area contributed by atoms with Crippen molar-refractivity contribution < 1.29 is 4.74 Å². The standard InChI is InChI=1S/C14H17BrN4OS/c1-4-16-12-8-13(19-14(18-12)21-3)17-9-5-6-10(15)11(7-9)20-2/h5-8H,4H2,1-3H3,(H2,16,17,18,19). The Kier molecular flexibility index (Phi) is 5.69. The van der Waals surface area contributed by atoms with Gasteiger partial charge >= 0.3 is 0 Å². The number of aromatic nitrogens is 2. The van der Waals surface area contributed by atoms with E-state index in [9.17, 15) is 0 Å². The van der Waals surface area contributed by atoms with Gasteiger partial charge in [0.15, 0.2) is 5.16 Å². The minimum atomic E-state index is 0.722. The molecular formula is C14H17BrN4OS. The number of nitrogens with zero attached hydrogens (tertiary/aromatic N) is 2. The fraction of sp³-hybridized carbons (Fsp3) is 0.286. The zero-order valence-electron chi connectivity index (χ0n) is 12.1. The van der Waals surface area contributed by atoms with Crippen LogP contribution in [0.25, 0.3) is 0 Å². The molecule has 21 heavy (non-hydrogen) atoms. The molecule has 0 bridgehead atoms. The van der Waals surface area contributed by atoms with Gasteiger partial charge in [-0.05, 0) is 41.2 Å². The number of ether oxygens (including phenoxy) is 1. The summed E-state index contributed by atoms with van der Waals surface area (Å²) in [6, 6.07) is 7.69. The summed E-state index contributed by atoms with van der Waals surface area (Å²) in [5.41, 5.74) is 0.906. The quantitative estimate of drug-likeness (QED) is 0.590. The van der Waals surface area contributed by atoms with Crippen LogP contribution in [0.15, 0.2) is 33.9 Å². The van der Waals surface area contributed by atoms with E-state index in [-0.39, 0.29) is 0 Å². The second kappa shape index (κ2) is 7.51. The second-order valence-electron chi connectivity index (χ2n) is 4.13. The van der Waals surface area contributed by atoms with E-state index in [4.69, 9.17) is 4.74 Å². The molecule has 2 N–H and O–H groups in total. The van der Waals surface area contributed by atoms with Crippen LogP contribution in [0, 0.1) is 0 Å². The zero-order chi connectivity index (χ0) is 15.2. The van der Waals surface area contributed by atoms with Gasteiger partial charge in [-0.25, -0.2) is 9.97 Å². The van der Waals surface area contributed by atoms with Crippen molar-refractivity contribution in [3.8, 4) is 5.75 Å². The first-order valence-corrected chi connectivity index (χ1v) is 8.45. The maximum atomic E-state index is 5.29. The monoisotopic (exact) mass is 368 g/mol. The second-order valence-corrected chi connectivity index (χ2v) is 5.76. The summed E-state index contributed by atoms with van der Waals surface area (Å²) in [7, 11) is 1.64. The van der Waals surface area contributed by atoms with Crippen LogP contribution >= 0.6 is 27.7 Å². The first kappa shape index (κ1) is 15.9. The summed E-state index contributed by atoms with van der Waals surface area (Å²) in [6.07, 6.45) is 1.96. The van der Waals surface area contributed by atoms with Gasteiger partial charge in [0.25, 0.3) is 0 Å².